The van der Waals surface area contributed by atoms with Gasteiger partial charge in [0.15, 0.2) is 5.11 Å². The summed E-state index contributed by atoms with van der Waals surface area (Å²) in [6.45, 7) is 6.18. The van der Waals surface area contributed by atoms with Crippen LogP contribution in [0.1, 0.15) is 42.5 Å². The second kappa shape index (κ2) is 9.32. The second-order valence-corrected chi connectivity index (χ2v) is 8.48. The lowest BCUT2D eigenvalue weighted by Gasteiger charge is -2.19. The predicted molar refractivity (Wildman–Crippen MR) is 125 cm³/mol. The summed E-state index contributed by atoms with van der Waals surface area (Å²) in [6.07, 6.45) is 0. The number of carbonyl (C=O) groups is 1. The zero-order valence-corrected chi connectivity index (χ0v) is 18.8. The summed E-state index contributed by atoms with van der Waals surface area (Å²) in [6, 6.07) is 16.3. The largest absolute Gasteiger partial charge is 0.496 e. The molecule has 0 bridgehead atoms. The Hall–Kier alpha value is -3.16. The molecular formula is C24H26N2O4S. The predicted octanol–water partition coefficient (Wildman–Crippen LogP) is 4.87. The third kappa shape index (κ3) is 5.51. The quantitative estimate of drug-likeness (QED) is 0.493. The van der Waals surface area contributed by atoms with Crippen molar-refractivity contribution in [2.24, 2.45) is 0 Å². The number of rotatable bonds is 5. The topological polar surface area (TPSA) is 83.7 Å². The maximum Gasteiger partial charge on any atom is 0.257 e. The molecule has 3 aromatic rings. The first-order valence-corrected chi connectivity index (χ1v) is 10.2. The van der Waals surface area contributed by atoms with Gasteiger partial charge in [0.25, 0.3) is 5.91 Å². The van der Waals surface area contributed by atoms with E-state index in [4.69, 9.17) is 21.4 Å². The van der Waals surface area contributed by atoms with Crippen LogP contribution < -0.4 is 15.4 Å². The van der Waals surface area contributed by atoms with Crippen LogP contribution in [0.2, 0.25) is 0 Å². The third-order valence-corrected chi connectivity index (χ3v) is 4.98. The van der Waals surface area contributed by atoms with Gasteiger partial charge in [-0.2, -0.15) is 0 Å². The van der Waals surface area contributed by atoms with E-state index in [1.165, 1.54) is 0 Å². The average Bonchev–Trinajstić information content (AvgIpc) is 3.22. The van der Waals surface area contributed by atoms with Crippen molar-refractivity contribution < 1.29 is 19.1 Å². The lowest BCUT2D eigenvalue weighted by atomic mass is 9.87. The van der Waals surface area contributed by atoms with E-state index in [0.29, 0.717) is 34.1 Å². The van der Waals surface area contributed by atoms with E-state index >= 15 is 0 Å². The highest BCUT2D eigenvalue weighted by molar-refractivity contribution is 7.80. The second-order valence-electron chi connectivity index (χ2n) is 8.07. The number of benzene rings is 2. The number of furan rings is 1. The van der Waals surface area contributed by atoms with Gasteiger partial charge in [-0.3, -0.25) is 10.1 Å². The number of anilines is 1. The van der Waals surface area contributed by atoms with Crippen LogP contribution in [0, 0.1) is 0 Å². The molecule has 0 saturated carbocycles. The van der Waals surface area contributed by atoms with Gasteiger partial charge in [-0.15, -0.1) is 0 Å². The van der Waals surface area contributed by atoms with Crippen molar-refractivity contribution in [1.82, 2.24) is 5.32 Å². The SMILES string of the molecule is COc1ccc(NC(=S)NC(=O)c2ccc(C(C)(C)C)cc2)cc1-c1ccc(CO)o1. The minimum atomic E-state index is -0.287. The maximum absolute atomic E-state index is 12.5. The molecule has 31 heavy (non-hydrogen) atoms. The standard InChI is InChI=1S/C24H26N2O4S/c1-24(2,3)16-7-5-15(6-8-16)22(28)26-23(31)25-17-9-11-20(29-4)19(13-17)21-12-10-18(14-27)30-21/h5-13,27H,14H2,1-4H3,(H2,25,26,28,31). The number of methoxy groups -OCH3 is 1. The summed E-state index contributed by atoms with van der Waals surface area (Å²) in [5, 5.41) is 15.1. The molecule has 3 N–H and O–H groups in total. The van der Waals surface area contributed by atoms with E-state index in [-0.39, 0.29) is 23.0 Å². The molecule has 0 atom stereocenters. The van der Waals surface area contributed by atoms with Crippen LogP contribution in [0.5, 0.6) is 5.75 Å². The molecule has 0 saturated heterocycles. The molecule has 0 aliphatic rings. The maximum atomic E-state index is 12.5. The number of carbonyl (C=O) groups excluding carboxylic acids is 1. The summed E-state index contributed by atoms with van der Waals surface area (Å²) >= 11 is 5.31. The number of hydrogen-bond acceptors (Lipinski definition) is 5. The van der Waals surface area contributed by atoms with E-state index in [0.717, 1.165) is 5.56 Å². The van der Waals surface area contributed by atoms with Gasteiger partial charge < -0.3 is 19.6 Å². The fourth-order valence-electron chi connectivity index (χ4n) is 3.05. The Morgan fingerprint density at radius 3 is 2.39 bits per heavy atom. The molecule has 162 valence electrons. The summed E-state index contributed by atoms with van der Waals surface area (Å²) in [5.74, 6) is 1.33. The van der Waals surface area contributed by atoms with Crippen LogP contribution in [-0.4, -0.2) is 23.2 Å². The molecule has 0 radical (unpaired) electrons. The van der Waals surface area contributed by atoms with Crippen LogP contribution in [0.4, 0.5) is 5.69 Å². The highest BCUT2D eigenvalue weighted by Crippen LogP contribution is 2.33. The van der Waals surface area contributed by atoms with Crippen LogP contribution in [0.15, 0.2) is 59.0 Å². The first-order valence-electron chi connectivity index (χ1n) is 9.82. The fourth-order valence-corrected chi connectivity index (χ4v) is 3.26. The normalized spacial score (nSPS) is 11.1. The minimum absolute atomic E-state index is 0.0177. The Morgan fingerprint density at radius 1 is 1.10 bits per heavy atom. The Morgan fingerprint density at radius 2 is 1.81 bits per heavy atom. The average molecular weight is 439 g/mol. The summed E-state index contributed by atoms with van der Waals surface area (Å²) in [7, 11) is 1.57. The molecule has 0 fully saturated rings. The van der Waals surface area contributed by atoms with Crippen molar-refractivity contribution >= 4 is 28.9 Å². The van der Waals surface area contributed by atoms with Crippen molar-refractivity contribution in [2.45, 2.75) is 32.8 Å². The Labute approximate surface area is 187 Å². The van der Waals surface area contributed by atoms with E-state index in [1.807, 2.05) is 12.1 Å². The molecule has 0 aliphatic heterocycles. The summed E-state index contributed by atoms with van der Waals surface area (Å²) in [4.78, 5) is 12.5. The van der Waals surface area contributed by atoms with Crippen molar-refractivity contribution in [3.63, 3.8) is 0 Å². The van der Waals surface area contributed by atoms with Gasteiger partial charge in [0.2, 0.25) is 0 Å². The smallest absolute Gasteiger partial charge is 0.257 e. The minimum Gasteiger partial charge on any atom is -0.496 e. The molecule has 3 rings (SSSR count). The number of nitrogens with one attached hydrogen (secondary N) is 2. The zero-order valence-electron chi connectivity index (χ0n) is 18.0. The summed E-state index contributed by atoms with van der Waals surface area (Å²) < 4.78 is 11.0. The lowest BCUT2D eigenvalue weighted by Crippen LogP contribution is -2.34. The molecule has 7 heteroatoms. The van der Waals surface area contributed by atoms with Crippen LogP contribution >= 0.6 is 12.2 Å². The van der Waals surface area contributed by atoms with E-state index in [9.17, 15) is 9.90 Å². The summed E-state index contributed by atoms with van der Waals surface area (Å²) in [5.41, 5.74) is 3.05. The molecule has 1 aromatic heterocycles. The van der Waals surface area contributed by atoms with Crippen molar-refractivity contribution in [3.8, 4) is 17.1 Å². The molecule has 0 unspecified atom stereocenters. The Balaban J connectivity index is 1.71. The number of aliphatic hydroxyl groups is 1. The molecule has 0 aliphatic carbocycles. The van der Waals surface area contributed by atoms with Gasteiger partial charge >= 0.3 is 0 Å². The highest BCUT2D eigenvalue weighted by Gasteiger charge is 2.16. The lowest BCUT2D eigenvalue weighted by molar-refractivity contribution is 0.0977. The van der Waals surface area contributed by atoms with Crippen molar-refractivity contribution in [1.29, 1.82) is 0 Å². The van der Waals surface area contributed by atoms with E-state index in [1.54, 1.807) is 49.6 Å². The number of amides is 1. The van der Waals surface area contributed by atoms with Gasteiger partial charge in [-0.05, 0) is 65.7 Å². The monoisotopic (exact) mass is 438 g/mol. The van der Waals surface area contributed by atoms with Crippen LogP contribution in [0.25, 0.3) is 11.3 Å². The van der Waals surface area contributed by atoms with Crippen LogP contribution in [0.3, 0.4) is 0 Å². The molecular weight excluding hydrogens is 412 g/mol. The fraction of sp³-hybridized carbons (Fsp3) is 0.250. The van der Waals surface area contributed by atoms with Gasteiger partial charge in [0, 0.05) is 11.3 Å². The molecule has 1 heterocycles. The van der Waals surface area contributed by atoms with Gasteiger partial charge in [-0.25, -0.2) is 0 Å². The number of ether oxygens (including phenoxy) is 1. The van der Waals surface area contributed by atoms with Crippen molar-refractivity contribution in [2.75, 3.05) is 12.4 Å². The van der Waals surface area contributed by atoms with Gasteiger partial charge in [0.05, 0.1) is 12.7 Å². The highest BCUT2D eigenvalue weighted by atomic mass is 32.1. The molecule has 0 spiro atoms. The molecule has 2 aromatic carbocycles. The first-order chi connectivity index (χ1) is 14.7. The Kier molecular flexibility index (Phi) is 6.77. The van der Waals surface area contributed by atoms with Gasteiger partial charge in [-0.1, -0.05) is 32.9 Å². The first kappa shape index (κ1) is 22.5. The molecule has 6 nitrogen and oxygen atoms in total. The van der Waals surface area contributed by atoms with Crippen LogP contribution in [-0.2, 0) is 12.0 Å². The zero-order chi connectivity index (χ0) is 22.6. The Bertz CT molecular complexity index is 1080. The van der Waals surface area contributed by atoms with Gasteiger partial charge in [0.1, 0.15) is 23.9 Å². The van der Waals surface area contributed by atoms with E-state index < -0.39 is 0 Å². The van der Waals surface area contributed by atoms with Crippen molar-refractivity contribution in [3.05, 3.63) is 71.5 Å². The molecule has 1 amide bonds. The third-order valence-electron chi connectivity index (χ3n) is 4.78. The number of aliphatic hydroxyl groups excluding tert-OH is 1. The number of thiocarbonyl (C=S) groups is 1. The number of hydrogen-bond donors (Lipinski definition) is 3. The van der Waals surface area contributed by atoms with E-state index in [2.05, 4.69) is 31.4 Å².